The fraction of sp³-hybridized carbons (Fsp3) is 0.421. The molecule has 1 fully saturated rings. The maximum Gasteiger partial charge on any atom is 0.254 e. The van der Waals surface area contributed by atoms with Crippen molar-refractivity contribution in [3.05, 3.63) is 52.2 Å². The van der Waals surface area contributed by atoms with E-state index in [9.17, 15) is 9.18 Å². The van der Waals surface area contributed by atoms with Crippen molar-refractivity contribution in [1.82, 2.24) is 14.9 Å². The first-order chi connectivity index (χ1) is 12.0. The largest absolute Gasteiger partial charge is 0.356 e. The number of halogens is 1. The van der Waals surface area contributed by atoms with Gasteiger partial charge in [-0.3, -0.25) is 4.79 Å². The molecule has 1 aromatic heterocycles. The summed E-state index contributed by atoms with van der Waals surface area (Å²) in [5.74, 6) is 1.31. The number of aromatic nitrogens is 2. The smallest absolute Gasteiger partial charge is 0.254 e. The zero-order chi connectivity index (χ0) is 17.7. The highest BCUT2D eigenvalue weighted by atomic mass is 19.1. The van der Waals surface area contributed by atoms with Gasteiger partial charge in [0.2, 0.25) is 0 Å². The van der Waals surface area contributed by atoms with Gasteiger partial charge < -0.3 is 9.80 Å². The number of anilines is 1. The summed E-state index contributed by atoms with van der Waals surface area (Å²) in [5, 5.41) is 0. The Hall–Kier alpha value is -2.50. The molecule has 0 unspecified atom stereocenters. The second kappa shape index (κ2) is 5.79. The van der Waals surface area contributed by atoms with E-state index in [1.165, 1.54) is 12.5 Å². The lowest BCUT2D eigenvalue weighted by Crippen LogP contribution is -2.39. The van der Waals surface area contributed by atoms with Crippen LogP contribution in [0.4, 0.5) is 10.2 Å². The fourth-order valence-corrected chi connectivity index (χ4v) is 3.59. The average molecular weight is 340 g/mol. The minimum Gasteiger partial charge on any atom is -0.356 e. The minimum atomic E-state index is -0.295. The second-order valence-electron chi connectivity index (χ2n) is 6.87. The molecule has 0 bridgehead atoms. The Morgan fingerprint density at radius 3 is 2.64 bits per heavy atom. The van der Waals surface area contributed by atoms with Gasteiger partial charge in [-0.05, 0) is 51.0 Å². The van der Waals surface area contributed by atoms with Crippen molar-refractivity contribution in [3.63, 3.8) is 0 Å². The molecule has 3 heterocycles. The van der Waals surface area contributed by atoms with Crippen LogP contribution in [0.2, 0.25) is 0 Å². The molecule has 25 heavy (non-hydrogen) atoms. The molecule has 1 aromatic carbocycles. The number of amides is 1. The monoisotopic (exact) mass is 340 g/mol. The summed E-state index contributed by atoms with van der Waals surface area (Å²) in [6.07, 6.45) is 1.17. The van der Waals surface area contributed by atoms with E-state index in [1.54, 1.807) is 24.0 Å². The summed E-state index contributed by atoms with van der Waals surface area (Å²) in [6.45, 7) is 8.05. The standard InChI is InChI=1S/C19H21FN4O/c1-11-9-14(5-6-15(11)20)19(25)24-10-16-17(12(24)2)18(22-13(3)21-16)23-7-4-8-23/h5-6,9,12H,4,7-8,10H2,1-3H3/t12-/m1/s1. The number of aryl methyl sites for hydroxylation is 2. The normalized spacial score (nSPS) is 19.0. The number of hydrogen-bond donors (Lipinski definition) is 0. The lowest BCUT2D eigenvalue weighted by atomic mass is 10.1. The molecule has 2 aromatic rings. The molecule has 0 N–H and O–H groups in total. The summed E-state index contributed by atoms with van der Waals surface area (Å²) >= 11 is 0. The SMILES string of the molecule is Cc1nc2c(c(N3CCC3)n1)[C@@H](C)N(C(=O)c1ccc(F)c(C)c1)C2. The highest BCUT2D eigenvalue weighted by Gasteiger charge is 2.37. The zero-order valence-electron chi connectivity index (χ0n) is 14.7. The van der Waals surface area contributed by atoms with Gasteiger partial charge >= 0.3 is 0 Å². The molecule has 130 valence electrons. The quantitative estimate of drug-likeness (QED) is 0.843. The van der Waals surface area contributed by atoms with E-state index in [1.807, 2.05) is 13.8 Å². The summed E-state index contributed by atoms with van der Waals surface area (Å²) in [4.78, 5) is 26.2. The molecule has 1 saturated heterocycles. The van der Waals surface area contributed by atoms with E-state index in [-0.39, 0.29) is 17.8 Å². The van der Waals surface area contributed by atoms with Gasteiger partial charge in [0.25, 0.3) is 5.91 Å². The third kappa shape index (κ3) is 2.56. The fourth-order valence-electron chi connectivity index (χ4n) is 3.59. The van der Waals surface area contributed by atoms with E-state index in [2.05, 4.69) is 14.9 Å². The molecule has 0 radical (unpaired) electrons. The Kier molecular flexibility index (Phi) is 3.71. The zero-order valence-corrected chi connectivity index (χ0v) is 14.7. The number of carbonyl (C=O) groups is 1. The Labute approximate surface area is 146 Å². The Bertz CT molecular complexity index is 863. The van der Waals surface area contributed by atoms with Gasteiger partial charge in [-0.25, -0.2) is 14.4 Å². The molecule has 4 rings (SSSR count). The van der Waals surface area contributed by atoms with Crippen LogP contribution in [-0.2, 0) is 6.54 Å². The molecule has 6 heteroatoms. The highest BCUT2D eigenvalue weighted by Crippen LogP contribution is 2.39. The number of benzene rings is 1. The molecule has 2 aliphatic heterocycles. The van der Waals surface area contributed by atoms with Gasteiger partial charge in [-0.2, -0.15) is 0 Å². The Balaban J connectivity index is 1.69. The third-order valence-electron chi connectivity index (χ3n) is 5.14. The van der Waals surface area contributed by atoms with Crippen LogP contribution in [0.25, 0.3) is 0 Å². The van der Waals surface area contributed by atoms with Crippen LogP contribution in [0.1, 0.15) is 52.4 Å². The maximum absolute atomic E-state index is 13.5. The van der Waals surface area contributed by atoms with Crippen LogP contribution >= 0.6 is 0 Å². The van der Waals surface area contributed by atoms with E-state index in [0.717, 1.165) is 36.0 Å². The van der Waals surface area contributed by atoms with Gasteiger partial charge in [-0.1, -0.05) is 0 Å². The number of fused-ring (bicyclic) bond motifs is 1. The molecule has 0 aliphatic carbocycles. The molecular formula is C19H21FN4O. The van der Waals surface area contributed by atoms with Crippen molar-refractivity contribution in [2.45, 2.75) is 39.8 Å². The molecule has 2 aliphatic rings. The van der Waals surface area contributed by atoms with E-state index >= 15 is 0 Å². The van der Waals surface area contributed by atoms with Crippen molar-refractivity contribution < 1.29 is 9.18 Å². The summed E-state index contributed by atoms with van der Waals surface area (Å²) in [7, 11) is 0. The van der Waals surface area contributed by atoms with E-state index in [4.69, 9.17) is 0 Å². The van der Waals surface area contributed by atoms with Gasteiger partial charge in [0, 0.05) is 24.2 Å². The Morgan fingerprint density at radius 2 is 2.00 bits per heavy atom. The number of nitrogens with zero attached hydrogens (tertiary/aromatic N) is 4. The highest BCUT2D eigenvalue weighted by molar-refractivity contribution is 5.95. The number of carbonyl (C=O) groups excluding carboxylic acids is 1. The van der Waals surface area contributed by atoms with Gasteiger partial charge in [0.15, 0.2) is 0 Å². The second-order valence-corrected chi connectivity index (χ2v) is 6.87. The van der Waals surface area contributed by atoms with Crippen LogP contribution < -0.4 is 4.90 Å². The lowest BCUT2D eigenvalue weighted by molar-refractivity contribution is 0.0704. The van der Waals surface area contributed by atoms with E-state index in [0.29, 0.717) is 17.7 Å². The van der Waals surface area contributed by atoms with Crippen LogP contribution in [0.5, 0.6) is 0 Å². The summed E-state index contributed by atoms with van der Waals surface area (Å²) < 4.78 is 13.5. The van der Waals surface area contributed by atoms with Gasteiger partial charge in [0.1, 0.15) is 17.5 Å². The summed E-state index contributed by atoms with van der Waals surface area (Å²) in [5.41, 5.74) is 2.97. The van der Waals surface area contributed by atoms with Crippen molar-refractivity contribution in [3.8, 4) is 0 Å². The first-order valence-electron chi connectivity index (χ1n) is 8.65. The van der Waals surface area contributed by atoms with Crippen molar-refractivity contribution in [2.75, 3.05) is 18.0 Å². The van der Waals surface area contributed by atoms with Crippen LogP contribution in [0.3, 0.4) is 0 Å². The van der Waals surface area contributed by atoms with Gasteiger partial charge in [0.05, 0.1) is 18.3 Å². The first-order valence-corrected chi connectivity index (χ1v) is 8.65. The van der Waals surface area contributed by atoms with Crippen LogP contribution in [-0.4, -0.2) is 33.9 Å². The molecular weight excluding hydrogens is 319 g/mol. The summed E-state index contributed by atoms with van der Waals surface area (Å²) in [6, 6.07) is 4.42. The Morgan fingerprint density at radius 1 is 1.24 bits per heavy atom. The molecule has 1 amide bonds. The average Bonchev–Trinajstić information content (AvgIpc) is 2.84. The maximum atomic E-state index is 13.5. The molecule has 5 nitrogen and oxygen atoms in total. The molecule has 0 spiro atoms. The number of hydrogen-bond acceptors (Lipinski definition) is 4. The van der Waals surface area contributed by atoms with Gasteiger partial charge in [-0.15, -0.1) is 0 Å². The molecule has 1 atom stereocenters. The first kappa shape index (κ1) is 16.0. The topological polar surface area (TPSA) is 49.3 Å². The van der Waals surface area contributed by atoms with Crippen molar-refractivity contribution >= 4 is 11.7 Å². The van der Waals surface area contributed by atoms with Crippen LogP contribution in [0, 0.1) is 19.7 Å². The lowest BCUT2D eigenvalue weighted by Gasteiger charge is -2.34. The van der Waals surface area contributed by atoms with E-state index < -0.39 is 0 Å². The van der Waals surface area contributed by atoms with Crippen molar-refractivity contribution in [2.24, 2.45) is 0 Å². The minimum absolute atomic E-state index is 0.0935. The third-order valence-corrected chi connectivity index (χ3v) is 5.14. The molecule has 0 saturated carbocycles. The van der Waals surface area contributed by atoms with Crippen molar-refractivity contribution in [1.29, 1.82) is 0 Å². The predicted octanol–water partition coefficient (Wildman–Crippen LogP) is 3.16. The van der Waals surface area contributed by atoms with Crippen LogP contribution in [0.15, 0.2) is 18.2 Å². The predicted molar refractivity (Wildman–Crippen MR) is 93.0 cm³/mol. The number of rotatable bonds is 2.